The second kappa shape index (κ2) is 8.50. The van der Waals surface area contributed by atoms with Crippen LogP contribution in [0.4, 0.5) is 4.79 Å². The second-order valence-corrected chi connectivity index (χ2v) is 7.80. The van der Waals surface area contributed by atoms with Gasteiger partial charge < -0.3 is 10.1 Å². The summed E-state index contributed by atoms with van der Waals surface area (Å²) in [6, 6.07) is 4.06. The fourth-order valence-electron chi connectivity index (χ4n) is 3.49. The summed E-state index contributed by atoms with van der Waals surface area (Å²) in [5, 5.41) is 3.07. The molecule has 1 aliphatic carbocycles. The van der Waals surface area contributed by atoms with Gasteiger partial charge in [-0.05, 0) is 51.7 Å². The standard InChI is InChI=1S/C20H32N2O2/c1-5-10-17(22-19(23)24-20(2,3)4)16-13-9-14-21-18(16)15-11-7-6-8-12-15/h9,13-15,17H,5-8,10-12H2,1-4H3,(H,22,23). The lowest BCUT2D eigenvalue weighted by Crippen LogP contribution is -2.35. The van der Waals surface area contributed by atoms with Gasteiger partial charge in [0.15, 0.2) is 0 Å². The summed E-state index contributed by atoms with van der Waals surface area (Å²) in [6.45, 7) is 7.80. The highest BCUT2D eigenvalue weighted by Gasteiger charge is 2.25. The van der Waals surface area contributed by atoms with E-state index in [1.165, 1.54) is 37.8 Å². The highest BCUT2D eigenvalue weighted by Crippen LogP contribution is 2.35. The van der Waals surface area contributed by atoms with Crippen molar-refractivity contribution < 1.29 is 9.53 Å². The third-order valence-electron chi connectivity index (χ3n) is 4.51. The van der Waals surface area contributed by atoms with Crippen molar-refractivity contribution in [2.24, 2.45) is 0 Å². The van der Waals surface area contributed by atoms with Crippen LogP contribution in [0, 0.1) is 0 Å². The van der Waals surface area contributed by atoms with Crippen molar-refractivity contribution in [3.63, 3.8) is 0 Å². The molecule has 1 saturated carbocycles. The minimum absolute atomic E-state index is 0.0320. The van der Waals surface area contributed by atoms with Gasteiger partial charge in [0.25, 0.3) is 0 Å². The number of ether oxygens (including phenoxy) is 1. The van der Waals surface area contributed by atoms with Crippen molar-refractivity contribution in [2.45, 2.75) is 90.2 Å². The number of hydrogen-bond acceptors (Lipinski definition) is 3. The van der Waals surface area contributed by atoms with Crippen LogP contribution < -0.4 is 5.32 Å². The molecule has 0 spiro atoms. The van der Waals surface area contributed by atoms with E-state index in [0.29, 0.717) is 5.92 Å². The first-order chi connectivity index (χ1) is 11.4. The van der Waals surface area contributed by atoms with Crippen LogP contribution in [-0.2, 0) is 4.74 Å². The SMILES string of the molecule is CCCC(NC(=O)OC(C)(C)C)c1cccnc1C1CCCCC1. The summed E-state index contributed by atoms with van der Waals surface area (Å²) in [4.78, 5) is 16.9. The van der Waals surface area contributed by atoms with E-state index in [9.17, 15) is 4.79 Å². The summed E-state index contributed by atoms with van der Waals surface area (Å²) in [7, 11) is 0. The van der Waals surface area contributed by atoms with Crippen LogP contribution in [0.5, 0.6) is 0 Å². The molecule has 4 heteroatoms. The predicted molar refractivity (Wildman–Crippen MR) is 97.1 cm³/mol. The van der Waals surface area contributed by atoms with Crippen LogP contribution in [0.15, 0.2) is 18.3 Å². The Kier molecular flexibility index (Phi) is 6.64. The maximum absolute atomic E-state index is 12.3. The highest BCUT2D eigenvalue weighted by atomic mass is 16.6. The molecule has 1 N–H and O–H groups in total. The minimum atomic E-state index is -0.484. The number of nitrogens with one attached hydrogen (secondary N) is 1. The second-order valence-electron chi connectivity index (χ2n) is 7.80. The Labute approximate surface area is 146 Å². The Bertz CT molecular complexity index is 531. The molecule has 2 rings (SSSR count). The third kappa shape index (κ3) is 5.50. The fourth-order valence-corrected chi connectivity index (χ4v) is 3.49. The topological polar surface area (TPSA) is 51.2 Å². The van der Waals surface area contributed by atoms with Gasteiger partial charge in [-0.1, -0.05) is 38.7 Å². The average Bonchev–Trinajstić information content (AvgIpc) is 2.53. The molecule has 0 bridgehead atoms. The molecular weight excluding hydrogens is 300 g/mol. The summed E-state index contributed by atoms with van der Waals surface area (Å²) in [5.74, 6) is 0.523. The smallest absolute Gasteiger partial charge is 0.408 e. The van der Waals surface area contributed by atoms with E-state index < -0.39 is 5.60 Å². The molecule has 1 heterocycles. The molecule has 1 aromatic rings. The van der Waals surface area contributed by atoms with E-state index in [0.717, 1.165) is 18.4 Å². The van der Waals surface area contributed by atoms with E-state index in [1.54, 1.807) is 0 Å². The van der Waals surface area contributed by atoms with Crippen molar-refractivity contribution in [3.8, 4) is 0 Å². The van der Waals surface area contributed by atoms with E-state index in [4.69, 9.17) is 9.72 Å². The first-order valence-corrected chi connectivity index (χ1v) is 9.35. The van der Waals surface area contributed by atoms with Crippen LogP contribution in [0.3, 0.4) is 0 Å². The Balaban J connectivity index is 2.19. The monoisotopic (exact) mass is 332 g/mol. The van der Waals surface area contributed by atoms with Gasteiger partial charge in [0.05, 0.1) is 6.04 Å². The zero-order chi connectivity index (χ0) is 17.6. The van der Waals surface area contributed by atoms with Crippen LogP contribution in [0.25, 0.3) is 0 Å². The number of rotatable bonds is 5. The number of carbonyl (C=O) groups excluding carboxylic acids is 1. The zero-order valence-corrected chi connectivity index (χ0v) is 15.6. The molecular formula is C20H32N2O2. The Morgan fingerprint density at radius 1 is 1.33 bits per heavy atom. The number of amides is 1. The number of carbonyl (C=O) groups is 1. The summed E-state index contributed by atoms with van der Waals surface area (Å²) < 4.78 is 5.45. The van der Waals surface area contributed by atoms with Gasteiger partial charge in [-0.25, -0.2) is 4.79 Å². The molecule has 1 fully saturated rings. The van der Waals surface area contributed by atoms with Crippen molar-refractivity contribution in [3.05, 3.63) is 29.6 Å². The number of pyridine rings is 1. The molecule has 0 radical (unpaired) electrons. The minimum Gasteiger partial charge on any atom is -0.444 e. The first kappa shape index (κ1) is 18.8. The van der Waals surface area contributed by atoms with Gasteiger partial charge in [0.1, 0.15) is 5.60 Å². The third-order valence-corrected chi connectivity index (χ3v) is 4.51. The molecule has 1 unspecified atom stereocenters. The first-order valence-electron chi connectivity index (χ1n) is 9.35. The molecule has 4 nitrogen and oxygen atoms in total. The van der Waals surface area contributed by atoms with Gasteiger partial charge in [-0.15, -0.1) is 0 Å². The van der Waals surface area contributed by atoms with Crippen LogP contribution in [0.2, 0.25) is 0 Å². The summed E-state index contributed by atoms with van der Waals surface area (Å²) in [6.07, 6.45) is 9.71. The highest BCUT2D eigenvalue weighted by molar-refractivity contribution is 5.68. The van der Waals surface area contributed by atoms with E-state index in [2.05, 4.69) is 18.3 Å². The van der Waals surface area contributed by atoms with E-state index in [-0.39, 0.29) is 12.1 Å². The molecule has 1 amide bonds. The number of hydrogen-bond donors (Lipinski definition) is 1. The lowest BCUT2D eigenvalue weighted by molar-refractivity contribution is 0.0500. The van der Waals surface area contributed by atoms with Gasteiger partial charge >= 0.3 is 6.09 Å². The molecule has 0 aromatic carbocycles. The Morgan fingerprint density at radius 2 is 2.04 bits per heavy atom. The molecule has 134 valence electrons. The molecule has 24 heavy (non-hydrogen) atoms. The zero-order valence-electron chi connectivity index (χ0n) is 15.6. The number of aromatic nitrogens is 1. The summed E-state index contributed by atoms with van der Waals surface area (Å²) in [5.41, 5.74) is 1.85. The van der Waals surface area contributed by atoms with Crippen LogP contribution >= 0.6 is 0 Å². The predicted octanol–water partition coefficient (Wildman–Crippen LogP) is 5.50. The van der Waals surface area contributed by atoms with Gasteiger partial charge in [0, 0.05) is 17.8 Å². The van der Waals surface area contributed by atoms with Crippen LogP contribution in [0.1, 0.15) is 95.9 Å². The Hall–Kier alpha value is -1.58. The lowest BCUT2D eigenvalue weighted by Gasteiger charge is -2.28. The molecule has 1 aliphatic rings. The van der Waals surface area contributed by atoms with Crippen molar-refractivity contribution in [1.82, 2.24) is 10.3 Å². The van der Waals surface area contributed by atoms with Gasteiger partial charge in [0.2, 0.25) is 0 Å². The van der Waals surface area contributed by atoms with Crippen molar-refractivity contribution >= 4 is 6.09 Å². The van der Waals surface area contributed by atoms with Crippen molar-refractivity contribution in [2.75, 3.05) is 0 Å². The number of alkyl carbamates (subject to hydrolysis) is 1. The normalized spacial score (nSPS) is 17.3. The fraction of sp³-hybridized carbons (Fsp3) is 0.700. The maximum Gasteiger partial charge on any atom is 0.408 e. The molecule has 0 aliphatic heterocycles. The molecule has 1 atom stereocenters. The van der Waals surface area contributed by atoms with Crippen LogP contribution in [-0.4, -0.2) is 16.7 Å². The van der Waals surface area contributed by atoms with Gasteiger partial charge in [-0.2, -0.15) is 0 Å². The van der Waals surface area contributed by atoms with Gasteiger partial charge in [-0.3, -0.25) is 4.98 Å². The maximum atomic E-state index is 12.3. The quantitative estimate of drug-likeness (QED) is 0.775. The largest absolute Gasteiger partial charge is 0.444 e. The number of nitrogens with zero attached hydrogens (tertiary/aromatic N) is 1. The lowest BCUT2D eigenvalue weighted by atomic mass is 9.83. The Morgan fingerprint density at radius 3 is 2.67 bits per heavy atom. The van der Waals surface area contributed by atoms with E-state index in [1.807, 2.05) is 33.0 Å². The summed E-state index contributed by atoms with van der Waals surface area (Å²) >= 11 is 0. The molecule has 0 saturated heterocycles. The van der Waals surface area contributed by atoms with Crippen molar-refractivity contribution in [1.29, 1.82) is 0 Å². The molecule has 1 aromatic heterocycles. The van der Waals surface area contributed by atoms with E-state index >= 15 is 0 Å². The average molecular weight is 332 g/mol.